The van der Waals surface area contributed by atoms with E-state index in [2.05, 4.69) is 5.32 Å². The molecule has 0 unspecified atom stereocenters. The van der Waals surface area contributed by atoms with E-state index in [4.69, 9.17) is 4.74 Å². The van der Waals surface area contributed by atoms with Gasteiger partial charge in [0.15, 0.2) is 0 Å². The van der Waals surface area contributed by atoms with Gasteiger partial charge in [-0.1, -0.05) is 36.4 Å². The maximum absolute atomic E-state index is 12.3. The van der Waals surface area contributed by atoms with Gasteiger partial charge in [0.25, 0.3) is 5.91 Å². The van der Waals surface area contributed by atoms with Crippen molar-refractivity contribution in [1.29, 1.82) is 0 Å². The molecule has 29 heavy (non-hydrogen) atoms. The maximum atomic E-state index is 12.3. The molecule has 148 valence electrons. The molecular weight excluding hydrogens is 364 g/mol. The zero-order valence-corrected chi connectivity index (χ0v) is 16.6. The summed E-state index contributed by atoms with van der Waals surface area (Å²) in [4.78, 5) is 26.1. The largest absolute Gasteiger partial charge is 0.457 e. The number of nitrogens with zero attached hydrogens (tertiary/aromatic N) is 1. The summed E-state index contributed by atoms with van der Waals surface area (Å²) >= 11 is 0. The van der Waals surface area contributed by atoms with E-state index in [1.54, 1.807) is 11.0 Å². The van der Waals surface area contributed by atoms with Crippen LogP contribution in [0.2, 0.25) is 0 Å². The summed E-state index contributed by atoms with van der Waals surface area (Å²) in [6.07, 6.45) is 0. The lowest BCUT2D eigenvalue weighted by Gasteiger charge is -2.22. The molecule has 0 bridgehead atoms. The Balaban J connectivity index is 1.60. The van der Waals surface area contributed by atoms with E-state index in [1.807, 2.05) is 79.7 Å². The smallest absolute Gasteiger partial charge is 0.251 e. The molecule has 0 radical (unpaired) electrons. The van der Waals surface area contributed by atoms with Gasteiger partial charge in [-0.2, -0.15) is 0 Å². The Morgan fingerprint density at radius 3 is 2.14 bits per heavy atom. The molecule has 3 aromatic carbocycles. The second-order valence-corrected chi connectivity index (χ2v) is 6.65. The number of hydrogen-bond acceptors (Lipinski definition) is 3. The number of amides is 2. The highest BCUT2D eigenvalue weighted by molar-refractivity contribution is 5.96. The molecule has 2 amide bonds. The molecule has 0 aliphatic rings. The molecule has 0 heterocycles. The third-order valence-corrected chi connectivity index (χ3v) is 4.52. The number of anilines is 1. The predicted octanol–water partition coefficient (Wildman–Crippen LogP) is 4.57. The van der Waals surface area contributed by atoms with Crippen LogP contribution in [0.25, 0.3) is 0 Å². The van der Waals surface area contributed by atoms with Crippen molar-refractivity contribution in [3.63, 3.8) is 0 Å². The number of aryl methyl sites for hydroxylation is 1. The first-order chi connectivity index (χ1) is 14.0. The van der Waals surface area contributed by atoms with Gasteiger partial charge in [0, 0.05) is 31.3 Å². The van der Waals surface area contributed by atoms with Gasteiger partial charge in [-0.05, 0) is 55.0 Å². The number of benzene rings is 3. The van der Waals surface area contributed by atoms with Crippen molar-refractivity contribution in [1.82, 2.24) is 5.32 Å². The summed E-state index contributed by atoms with van der Waals surface area (Å²) in [6.45, 7) is 4.15. The van der Waals surface area contributed by atoms with Crippen molar-refractivity contribution in [3.8, 4) is 11.5 Å². The maximum Gasteiger partial charge on any atom is 0.251 e. The molecular formula is C24H24N2O3. The van der Waals surface area contributed by atoms with Crippen molar-refractivity contribution < 1.29 is 14.3 Å². The summed E-state index contributed by atoms with van der Waals surface area (Å²) in [5.74, 6) is 1.21. The van der Waals surface area contributed by atoms with E-state index < -0.39 is 0 Å². The molecule has 3 rings (SSSR count). The molecule has 0 fully saturated rings. The molecule has 5 nitrogen and oxygen atoms in total. The van der Waals surface area contributed by atoms with Crippen molar-refractivity contribution in [3.05, 3.63) is 90.0 Å². The van der Waals surface area contributed by atoms with E-state index in [9.17, 15) is 9.59 Å². The number of hydrogen-bond donors (Lipinski definition) is 1. The molecule has 1 N–H and O–H groups in total. The summed E-state index contributed by atoms with van der Waals surface area (Å²) in [5, 5.41) is 2.88. The van der Waals surface area contributed by atoms with Crippen LogP contribution in [0.5, 0.6) is 11.5 Å². The molecule has 5 heteroatoms. The van der Waals surface area contributed by atoms with Crippen LogP contribution < -0.4 is 15.0 Å². The Morgan fingerprint density at radius 1 is 0.862 bits per heavy atom. The Hall–Kier alpha value is -3.60. The van der Waals surface area contributed by atoms with Crippen LogP contribution >= 0.6 is 0 Å². The van der Waals surface area contributed by atoms with Crippen LogP contribution in [0.3, 0.4) is 0 Å². The van der Waals surface area contributed by atoms with E-state index in [0.29, 0.717) is 24.4 Å². The van der Waals surface area contributed by atoms with Gasteiger partial charge < -0.3 is 15.0 Å². The zero-order valence-electron chi connectivity index (χ0n) is 16.6. The first-order valence-corrected chi connectivity index (χ1v) is 9.49. The Morgan fingerprint density at radius 2 is 1.48 bits per heavy atom. The average molecular weight is 388 g/mol. The van der Waals surface area contributed by atoms with Gasteiger partial charge in [-0.25, -0.2) is 0 Å². The predicted molar refractivity (Wildman–Crippen MR) is 114 cm³/mol. The summed E-state index contributed by atoms with van der Waals surface area (Å²) in [6, 6.07) is 24.3. The van der Waals surface area contributed by atoms with Gasteiger partial charge >= 0.3 is 0 Å². The summed E-state index contributed by atoms with van der Waals surface area (Å²) in [7, 11) is 0. The van der Waals surface area contributed by atoms with E-state index in [0.717, 1.165) is 17.0 Å². The topological polar surface area (TPSA) is 58.6 Å². The molecule has 0 spiro atoms. The first kappa shape index (κ1) is 20.1. The zero-order chi connectivity index (χ0) is 20.6. The van der Waals surface area contributed by atoms with Crippen LogP contribution in [0.4, 0.5) is 5.69 Å². The molecule has 3 aromatic rings. The molecule has 0 aliphatic carbocycles. The fourth-order valence-electron chi connectivity index (χ4n) is 2.99. The van der Waals surface area contributed by atoms with Crippen LogP contribution in [0.1, 0.15) is 22.8 Å². The monoisotopic (exact) mass is 388 g/mol. The number of para-hydroxylation sites is 1. The molecule has 0 saturated heterocycles. The highest BCUT2D eigenvalue weighted by Crippen LogP contribution is 2.24. The SMILES string of the molecule is CC(=O)N(CCNC(=O)c1ccccc1C)c1ccc(Oc2ccccc2)cc1. The Kier molecular flexibility index (Phi) is 6.63. The number of ether oxygens (including phenoxy) is 1. The lowest BCUT2D eigenvalue weighted by molar-refractivity contribution is -0.116. The number of carbonyl (C=O) groups excluding carboxylic acids is 2. The summed E-state index contributed by atoms with van der Waals surface area (Å²) < 4.78 is 5.79. The average Bonchev–Trinajstić information content (AvgIpc) is 2.73. The second kappa shape index (κ2) is 9.55. The Labute approximate surface area is 170 Å². The minimum atomic E-state index is -0.141. The van der Waals surface area contributed by atoms with E-state index in [-0.39, 0.29) is 11.8 Å². The van der Waals surface area contributed by atoms with E-state index in [1.165, 1.54) is 6.92 Å². The number of nitrogens with one attached hydrogen (secondary N) is 1. The lowest BCUT2D eigenvalue weighted by atomic mass is 10.1. The standard InChI is InChI=1S/C24H24N2O3/c1-18-8-6-7-11-23(18)24(28)25-16-17-26(19(2)27)20-12-14-22(15-13-20)29-21-9-4-3-5-10-21/h3-15H,16-17H2,1-2H3,(H,25,28). The highest BCUT2D eigenvalue weighted by atomic mass is 16.5. The lowest BCUT2D eigenvalue weighted by Crippen LogP contribution is -2.37. The minimum absolute atomic E-state index is 0.0909. The van der Waals surface area contributed by atoms with Crippen LogP contribution in [0, 0.1) is 6.92 Å². The van der Waals surface area contributed by atoms with Crippen LogP contribution in [-0.2, 0) is 4.79 Å². The summed E-state index contributed by atoms with van der Waals surface area (Å²) in [5.41, 5.74) is 2.31. The molecule has 0 aromatic heterocycles. The van der Waals surface area contributed by atoms with Gasteiger partial charge in [0.05, 0.1) is 0 Å². The minimum Gasteiger partial charge on any atom is -0.457 e. The van der Waals surface area contributed by atoms with Crippen molar-refractivity contribution in [2.75, 3.05) is 18.0 Å². The third kappa shape index (κ3) is 5.45. The fraction of sp³-hybridized carbons (Fsp3) is 0.167. The first-order valence-electron chi connectivity index (χ1n) is 9.49. The van der Waals surface area contributed by atoms with Gasteiger partial charge in [-0.3, -0.25) is 9.59 Å². The van der Waals surface area contributed by atoms with Gasteiger partial charge in [0.1, 0.15) is 11.5 Å². The highest BCUT2D eigenvalue weighted by Gasteiger charge is 2.13. The van der Waals surface area contributed by atoms with Gasteiger partial charge in [0.2, 0.25) is 5.91 Å². The fourth-order valence-corrected chi connectivity index (χ4v) is 2.99. The molecule has 0 aliphatic heterocycles. The quantitative estimate of drug-likeness (QED) is 0.645. The molecule has 0 saturated carbocycles. The van der Waals surface area contributed by atoms with Crippen LogP contribution in [-0.4, -0.2) is 24.9 Å². The van der Waals surface area contributed by atoms with Gasteiger partial charge in [-0.15, -0.1) is 0 Å². The number of carbonyl (C=O) groups is 2. The Bertz CT molecular complexity index is 969. The normalized spacial score (nSPS) is 10.3. The third-order valence-electron chi connectivity index (χ3n) is 4.52. The van der Waals surface area contributed by atoms with Crippen molar-refractivity contribution in [2.45, 2.75) is 13.8 Å². The second-order valence-electron chi connectivity index (χ2n) is 6.65. The number of rotatable bonds is 7. The van der Waals surface area contributed by atoms with Crippen molar-refractivity contribution in [2.24, 2.45) is 0 Å². The van der Waals surface area contributed by atoms with Crippen molar-refractivity contribution >= 4 is 17.5 Å². The molecule has 0 atom stereocenters. The van der Waals surface area contributed by atoms with E-state index >= 15 is 0 Å². The van der Waals surface area contributed by atoms with Crippen LogP contribution in [0.15, 0.2) is 78.9 Å².